The first-order chi connectivity index (χ1) is 12.6. The normalized spacial score (nSPS) is 15.9. The molecule has 1 saturated heterocycles. The van der Waals surface area contributed by atoms with Crippen molar-refractivity contribution in [2.75, 3.05) is 43.2 Å². The van der Waals surface area contributed by atoms with Gasteiger partial charge in [0.1, 0.15) is 0 Å². The number of hydrogen-bond donors (Lipinski definition) is 1. The summed E-state index contributed by atoms with van der Waals surface area (Å²) in [7, 11) is 0. The van der Waals surface area contributed by atoms with Crippen molar-refractivity contribution >= 4 is 17.4 Å². The quantitative estimate of drug-likeness (QED) is 0.899. The fraction of sp³-hybridized carbons (Fsp3) is 0.350. The van der Waals surface area contributed by atoms with Gasteiger partial charge in [0.25, 0.3) is 0 Å². The lowest BCUT2D eigenvalue weighted by molar-refractivity contribution is 0.174. The van der Waals surface area contributed by atoms with Crippen LogP contribution in [0.3, 0.4) is 0 Å². The summed E-state index contributed by atoms with van der Waals surface area (Å²) in [6.07, 6.45) is 0. The van der Waals surface area contributed by atoms with Crippen LogP contribution in [0.5, 0.6) is 11.5 Å². The van der Waals surface area contributed by atoms with E-state index >= 15 is 0 Å². The molecule has 0 saturated carbocycles. The van der Waals surface area contributed by atoms with E-state index in [9.17, 15) is 4.79 Å². The Morgan fingerprint density at radius 2 is 1.73 bits per heavy atom. The minimum Gasteiger partial charge on any atom is -0.454 e. The Bertz CT molecular complexity index is 829. The summed E-state index contributed by atoms with van der Waals surface area (Å²) in [5, 5.41) is 3.04. The van der Waals surface area contributed by atoms with Crippen molar-refractivity contribution in [3.8, 4) is 11.5 Å². The molecule has 26 heavy (non-hydrogen) atoms. The average molecular weight is 353 g/mol. The predicted octanol–water partition coefficient (Wildman–Crippen LogP) is 3.39. The highest BCUT2D eigenvalue weighted by atomic mass is 16.7. The zero-order valence-electron chi connectivity index (χ0n) is 15.1. The van der Waals surface area contributed by atoms with Gasteiger partial charge in [0.05, 0.1) is 0 Å². The van der Waals surface area contributed by atoms with Crippen LogP contribution in [0.4, 0.5) is 16.2 Å². The fourth-order valence-electron chi connectivity index (χ4n) is 3.31. The number of benzene rings is 2. The standard InChI is InChI=1S/C20H23N3O3/c1-14-3-4-15(2)17(11-14)21-20(24)23-9-7-22(8-10-23)16-5-6-18-19(12-16)26-13-25-18/h3-6,11-12H,7-10,13H2,1-2H3,(H,21,24). The van der Waals surface area contributed by atoms with Crippen LogP contribution in [0.25, 0.3) is 0 Å². The summed E-state index contributed by atoms with van der Waals surface area (Å²) in [5.41, 5.74) is 4.19. The van der Waals surface area contributed by atoms with Crippen molar-refractivity contribution in [2.45, 2.75) is 13.8 Å². The molecule has 2 amide bonds. The maximum Gasteiger partial charge on any atom is 0.321 e. The second-order valence-electron chi connectivity index (χ2n) is 6.76. The third-order valence-corrected chi connectivity index (χ3v) is 4.92. The molecule has 2 aromatic rings. The monoisotopic (exact) mass is 353 g/mol. The number of carbonyl (C=O) groups is 1. The lowest BCUT2D eigenvalue weighted by Crippen LogP contribution is -2.50. The number of aryl methyl sites for hydroxylation is 2. The van der Waals surface area contributed by atoms with Gasteiger partial charge >= 0.3 is 6.03 Å². The van der Waals surface area contributed by atoms with Gasteiger partial charge < -0.3 is 24.6 Å². The summed E-state index contributed by atoms with van der Waals surface area (Å²) >= 11 is 0. The maximum atomic E-state index is 12.6. The largest absolute Gasteiger partial charge is 0.454 e. The molecular weight excluding hydrogens is 330 g/mol. The highest BCUT2D eigenvalue weighted by Gasteiger charge is 2.23. The van der Waals surface area contributed by atoms with Gasteiger partial charge in [-0.15, -0.1) is 0 Å². The highest BCUT2D eigenvalue weighted by molar-refractivity contribution is 5.90. The second kappa shape index (κ2) is 6.78. The van der Waals surface area contributed by atoms with Crippen LogP contribution in [0.15, 0.2) is 36.4 Å². The van der Waals surface area contributed by atoms with E-state index in [1.54, 1.807) is 0 Å². The first kappa shape index (κ1) is 16.6. The second-order valence-corrected chi connectivity index (χ2v) is 6.76. The number of piperazine rings is 1. The van der Waals surface area contributed by atoms with Crippen molar-refractivity contribution in [3.63, 3.8) is 0 Å². The molecule has 0 atom stereocenters. The van der Waals surface area contributed by atoms with Crippen LogP contribution in [-0.4, -0.2) is 43.9 Å². The molecule has 1 N–H and O–H groups in total. The molecule has 0 radical (unpaired) electrons. The number of ether oxygens (including phenoxy) is 2. The summed E-state index contributed by atoms with van der Waals surface area (Å²) in [4.78, 5) is 16.7. The Morgan fingerprint density at radius 3 is 2.54 bits per heavy atom. The molecule has 6 nitrogen and oxygen atoms in total. The van der Waals surface area contributed by atoms with Gasteiger partial charge in [-0.1, -0.05) is 12.1 Å². The molecule has 4 rings (SSSR count). The van der Waals surface area contributed by atoms with Gasteiger partial charge in [-0.25, -0.2) is 4.79 Å². The highest BCUT2D eigenvalue weighted by Crippen LogP contribution is 2.35. The molecule has 0 spiro atoms. The van der Waals surface area contributed by atoms with Crippen LogP contribution in [0, 0.1) is 13.8 Å². The van der Waals surface area contributed by atoms with E-state index in [1.165, 1.54) is 0 Å². The van der Waals surface area contributed by atoms with Crippen molar-refractivity contribution in [1.82, 2.24) is 4.90 Å². The zero-order chi connectivity index (χ0) is 18.1. The zero-order valence-corrected chi connectivity index (χ0v) is 15.1. The molecular formula is C20H23N3O3. The molecule has 1 fully saturated rings. The molecule has 0 bridgehead atoms. The molecule has 0 aromatic heterocycles. The van der Waals surface area contributed by atoms with Gasteiger partial charge in [0, 0.05) is 43.6 Å². The summed E-state index contributed by atoms with van der Waals surface area (Å²) in [6, 6.07) is 12.0. The molecule has 136 valence electrons. The first-order valence-corrected chi connectivity index (χ1v) is 8.88. The number of rotatable bonds is 2. The summed E-state index contributed by atoms with van der Waals surface area (Å²) in [5.74, 6) is 1.58. The van der Waals surface area contributed by atoms with Gasteiger partial charge in [0.15, 0.2) is 11.5 Å². The van der Waals surface area contributed by atoms with E-state index in [-0.39, 0.29) is 12.8 Å². The molecule has 2 aliphatic rings. The van der Waals surface area contributed by atoms with Crippen LogP contribution in [-0.2, 0) is 0 Å². The van der Waals surface area contributed by atoms with Gasteiger partial charge in [-0.3, -0.25) is 0 Å². The van der Waals surface area contributed by atoms with Gasteiger partial charge in [0.2, 0.25) is 6.79 Å². The SMILES string of the molecule is Cc1ccc(C)c(NC(=O)N2CCN(c3ccc4c(c3)OCO4)CC2)c1. The Hall–Kier alpha value is -2.89. The van der Waals surface area contributed by atoms with Crippen molar-refractivity contribution < 1.29 is 14.3 Å². The van der Waals surface area contributed by atoms with E-state index in [0.29, 0.717) is 13.1 Å². The van der Waals surface area contributed by atoms with E-state index in [2.05, 4.69) is 16.3 Å². The Morgan fingerprint density at radius 1 is 0.962 bits per heavy atom. The molecule has 0 unspecified atom stereocenters. The Balaban J connectivity index is 1.37. The minimum absolute atomic E-state index is 0.0379. The van der Waals surface area contributed by atoms with Crippen LogP contribution >= 0.6 is 0 Å². The van der Waals surface area contributed by atoms with E-state index in [0.717, 1.165) is 47.1 Å². The molecule has 2 heterocycles. The smallest absolute Gasteiger partial charge is 0.321 e. The van der Waals surface area contributed by atoms with E-state index in [1.807, 2.05) is 49.1 Å². The Kier molecular flexibility index (Phi) is 4.32. The number of carbonyl (C=O) groups excluding carboxylic acids is 1. The molecule has 6 heteroatoms. The number of urea groups is 1. The summed E-state index contributed by atoms with van der Waals surface area (Å²) < 4.78 is 10.8. The van der Waals surface area contributed by atoms with Crippen molar-refractivity contribution in [3.05, 3.63) is 47.5 Å². The lowest BCUT2D eigenvalue weighted by Gasteiger charge is -2.36. The minimum atomic E-state index is -0.0379. The average Bonchev–Trinajstić information content (AvgIpc) is 3.12. The van der Waals surface area contributed by atoms with Crippen LogP contribution in [0.1, 0.15) is 11.1 Å². The number of nitrogens with zero attached hydrogens (tertiary/aromatic N) is 2. The molecule has 0 aliphatic carbocycles. The van der Waals surface area contributed by atoms with E-state index in [4.69, 9.17) is 9.47 Å². The summed E-state index contributed by atoms with van der Waals surface area (Å²) in [6.45, 7) is 7.27. The first-order valence-electron chi connectivity index (χ1n) is 8.88. The van der Waals surface area contributed by atoms with Crippen LogP contribution < -0.4 is 19.7 Å². The third-order valence-electron chi connectivity index (χ3n) is 4.92. The molecule has 2 aromatic carbocycles. The van der Waals surface area contributed by atoms with Crippen LogP contribution in [0.2, 0.25) is 0 Å². The lowest BCUT2D eigenvalue weighted by atomic mass is 10.1. The number of fused-ring (bicyclic) bond motifs is 1. The van der Waals surface area contributed by atoms with E-state index < -0.39 is 0 Å². The van der Waals surface area contributed by atoms with Crippen molar-refractivity contribution in [1.29, 1.82) is 0 Å². The topological polar surface area (TPSA) is 54.0 Å². The third kappa shape index (κ3) is 3.27. The van der Waals surface area contributed by atoms with Crippen molar-refractivity contribution in [2.24, 2.45) is 0 Å². The fourth-order valence-corrected chi connectivity index (χ4v) is 3.31. The van der Waals surface area contributed by atoms with Gasteiger partial charge in [-0.05, 0) is 43.2 Å². The Labute approximate surface area is 153 Å². The maximum absolute atomic E-state index is 12.6. The number of hydrogen-bond acceptors (Lipinski definition) is 4. The predicted molar refractivity (Wildman–Crippen MR) is 101 cm³/mol. The number of anilines is 2. The number of nitrogens with one attached hydrogen (secondary N) is 1. The van der Waals surface area contributed by atoms with Gasteiger partial charge in [-0.2, -0.15) is 0 Å². The number of amides is 2. The molecule has 2 aliphatic heterocycles.